The van der Waals surface area contributed by atoms with E-state index in [0.29, 0.717) is 17.3 Å². The monoisotopic (exact) mass is 434 g/mol. The molecule has 7 heteroatoms. The molecule has 2 heterocycles. The minimum atomic E-state index is 0.198. The van der Waals surface area contributed by atoms with E-state index in [1.54, 1.807) is 24.5 Å². The van der Waals surface area contributed by atoms with Gasteiger partial charge in [-0.15, -0.1) is 0 Å². The summed E-state index contributed by atoms with van der Waals surface area (Å²) in [6, 6.07) is 7.25. The van der Waals surface area contributed by atoms with Crippen molar-refractivity contribution in [3.05, 3.63) is 51.7 Å². The Labute approximate surface area is 166 Å². The summed E-state index contributed by atoms with van der Waals surface area (Å²) in [7, 11) is 0. The summed E-state index contributed by atoms with van der Waals surface area (Å²) >= 11 is 9.70. The molecule has 0 aliphatic carbocycles. The van der Waals surface area contributed by atoms with Crippen LogP contribution in [0.4, 0.5) is 11.4 Å². The van der Waals surface area contributed by atoms with Crippen LogP contribution in [-0.2, 0) is 6.54 Å². The summed E-state index contributed by atoms with van der Waals surface area (Å²) in [5, 5.41) is 14.6. The van der Waals surface area contributed by atoms with E-state index in [1.807, 2.05) is 12.1 Å². The van der Waals surface area contributed by atoms with Gasteiger partial charge in [-0.2, -0.15) is 0 Å². The van der Waals surface area contributed by atoms with E-state index in [-0.39, 0.29) is 5.75 Å². The lowest BCUT2D eigenvalue weighted by Crippen LogP contribution is -2.22. The first kappa shape index (κ1) is 18.9. The summed E-state index contributed by atoms with van der Waals surface area (Å²) in [6.45, 7) is 6.63. The number of anilines is 2. The molecule has 136 valence electrons. The van der Waals surface area contributed by atoms with Crippen LogP contribution in [0.25, 0.3) is 11.0 Å². The van der Waals surface area contributed by atoms with E-state index < -0.39 is 0 Å². The predicted octanol–water partition coefficient (Wildman–Crippen LogP) is 5.34. The molecule has 0 spiro atoms. The number of nitrogens with zero attached hydrogens (tertiary/aromatic N) is 3. The zero-order chi connectivity index (χ0) is 18.7. The SMILES string of the molecule is CCN(CC)Cc1cc(Cl)cc(Nc2ccnc3cc(Br)cnc23)c1O. The third-order valence-corrected chi connectivity index (χ3v) is 4.91. The summed E-state index contributed by atoms with van der Waals surface area (Å²) in [4.78, 5) is 11.0. The Morgan fingerprint density at radius 2 is 1.92 bits per heavy atom. The lowest BCUT2D eigenvalue weighted by molar-refractivity contribution is 0.291. The van der Waals surface area contributed by atoms with Crippen LogP contribution in [0.3, 0.4) is 0 Å². The molecule has 0 unspecified atom stereocenters. The highest BCUT2D eigenvalue weighted by molar-refractivity contribution is 9.10. The first-order valence-corrected chi connectivity index (χ1v) is 9.60. The van der Waals surface area contributed by atoms with Crippen molar-refractivity contribution in [3.63, 3.8) is 0 Å². The zero-order valence-corrected chi connectivity index (χ0v) is 17.0. The number of aromatic hydroxyl groups is 1. The first-order chi connectivity index (χ1) is 12.5. The Morgan fingerprint density at radius 1 is 1.15 bits per heavy atom. The van der Waals surface area contributed by atoms with Crippen molar-refractivity contribution in [2.75, 3.05) is 18.4 Å². The van der Waals surface area contributed by atoms with Gasteiger partial charge in [0.25, 0.3) is 0 Å². The lowest BCUT2D eigenvalue weighted by Gasteiger charge is -2.20. The zero-order valence-electron chi connectivity index (χ0n) is 14.6. The van der Waals surface area contributed by atoms with Crippen LogP contribution in [-0.4, -0.2) is 33.1 Å². The second-order valence-electron chi connectivity index (χ2n) is 5.93. The molecule has 0 saturated carbocycles. The summed E-state index contributed by atoms with van der Waals surface area (Å²) in [6.07, 6.45) is 3.43. The van der Waals surface area contributed by atoms with Gasteiger partial charge < -0.3 is 10.4 Å². The molecule has 0 amide bonds. The van der Waals surface area contributed by atoms with Gasteiger partial charge in [-0.3, -0.25) is 14.9 Å². The average molecular weight is 436 g/mol. The number of benzene rings is 1. The van der Waals surface area contributed by atoms with Crippen molar-refractivity contribution >= 4 is 49.9 Å². The maximum atomic E-state index is 10.7. The number of phenolic OH excluding ortho intramolecular Hbond substituents is 1. The van der Waals surface area contributed by atoms with Gasteiger partial charge >= 0.3 is 0 Å². The maximum Gasteiger partial charge on any atom is 0.143 e. The van der Waals surface area contributed by atoms with Gasteiger partial charge in [-0.05, 0) is 53.3 Å². The minimum absolute atomic E-state index is 0.198. The van der Waals surface area contributed by atoms with Crippen LogP contribution in [0, 0.1) is 0 Å². The van der Waals surface area contributed by atoms with Gasteiger partial charge in [0.2, 0.25) is 0 Å². The third-order valence-electron chi connectivity index (χ3n) is 4.26. The van der Waals surface area contributed by atoms with Crippen molar-refractivity contribution in [1.82, 2.24) is 14.9 Å². The van der Waals surface area contributed by atoms with Gasteiger partial charge in [0.15, 0.2) is 0 Å². The molecule has 0 saturated heterocycles. The largest absolute Gasteiger partial charge is 0.505 e. The number of fused-ring (bicyclic) bond motifs is 1. The number of aromatic nitrogens is 2. The molecule has 0 aliphatic rings. The van der Waals surface area contributed by atoms with Crippen LogP contribution in [0.2, 0.25) is 5.02 Å². The fourth-order valence-electron chi connectivity index (χ4n) is 2.81. The quantitative estimate of drug-likeness (QED) is 0.512. The van der Waals surface area contributed by atoms with E-state index in [1.165, 1.54) is 0 Å². The van der Waals surface area contributed by atoms with Crippen molar-refractivity contribution in [2.24, 2.45) is 0 Å². The molecule has 0 aliphatic heterocycles. The van der Waals surface area contributed by atoms with Gasteiger partial charge in [0.1, 0.15) is 11.3 Å². The van der Waals surface area contributed by atoms with Gasteiger partial charge in [0.05, 0.1) is 16.9 Å². The first-order valence-electron chi connectivity index (χ1n) is 8.42. The smallest absolute Gasteiger partial charge is 0.143 e. The molecule has 3 aromatic rings. The van der Waals surface area contributed by atoms with Gasteiger partial charge in [-0.25, -0.2) is 0 Å². The molecule has 0 bridgehead atoms. The highest BCUT2D eigenvalue weighted by Crippen LogP contribution is 2.35. The number of rotatable bonds is 6. The van der Waals surface area contributed by atoms with Crippen molar-refractivity contribution in [2.45, 2.75) is 20.4 Å². The topological polar surface area (TPSA) is 61.3 Å². The summed E-state index contributed by atoms with van der Waals surface area (Å²) in [5.74, 6) is 0.198. The van der Waals surface area contributed by atoms with E-state index >= 15 is 0 Å². The molecule has 2 N–H and O–H groups in total. The molecule has 0 atom stereocenters. The average Bonchev–Trinajstić information content (AvgIpc) is 2.63. The third kappa shape index (κ3) is 4.09. The van der Waals surface area contributed by atoms with E-state index in [9.17, 15) is 5.11 Å². The lowest BCUT2D eigenvalue weighted by atomic mass is 10.1. The number of phenols is 1. The van der Waals surface area contributed by atoms with Crippen molar-refractivity contribution in [3.8, 4) is 5.75 Å². The highest BCUT2D eigenvalue weighted by Gasteiger charge is 2.14. The van der Waals surface area contributed by atoms with E-state index in [4.69, 9.17) is 11.6 Å². The molecule has 5 nitrogen and oxygen atoms in total. The maximum absolute atomic E-state index is 10.7. The van der Waals surface area contributed by atoms with Crippen LogP contribution >= 0.6 is 27.5 Å². The minimum Gasteiger partial charge on any atom is -0.505 e. The highest BCUT2D eigenvalue weighted by atomic mass is 79.9. The fraction of sp³-hybridized carbons (Fsp3) is 0.263. The predicted molar refractivity (Wildman–Crippen MR) is 110 cm³/mol. The van der Waals surface area contributed by atoms with E-state index in [2.05, 4.69) is 50.0 Å². The number of halogens is 2. The van der Waals surface area contributed by atoms with Crippen LogP contribution < -0.4 is 5.32 Å². The normalized spacial score (nSPS) is 11.3. The number of hydrogen-bond donors (Lipinski definition) is 2. The molecule has 0 fully saturated rings. The Kier molecular flexibility index (Phi) is 5.96. The number of nitrogens with one attached hydrogen (secondary N) is 1. The Morgan fingerprint density at radius 3 is 2.65 bits per heavy atom. The summed E-state index contributed by atoms with van der Waals surface area (Å²) in [5.41, 5.74) is 3.58. The molecule has 1 aromatic carbocycles. The molecule has 26 heavy (non-hydrogen) atoms. The molecule has 2 aromatic heterocycles. The second kappa shape index (κ2) is 8.20. The fourth-order valence-corrected chi connectivity index (χ4v) is 3.37. The Hall–Kier alpha value is -1.89. The number of hydrogen-bond acceptors (Lipinski definition) is 5. The van der Waals surface area contributed by atoms with Gasteiger partial charge in [-0.1, -0.05) is 25.4 Å². The van der Waals surface area contributed by atoms with Crippen LogP contribution in [0.5, 0.6) is 5.75 Å². The molecule has 0 radical (unpaired) electrons. The second-order valence-corrected chi connectivity index (χ2v) is 7.28. The summed E-state index contributed by atoms with van der Waals surface area (Å²) < 4.78 is 0.863. The standard InChI is InChI=1S/C19H20BrClN4O/c1-3-25(4-2)11-12-7-14(21)9-17(19(12)26)24-15-5-6-22-16-8-13(20)10-23-18(15)16/h5-10,26H,3-4,11H2,1-2H3,(H,22,24). The Bertz CT molecular complexity index is 931. The van der Waals surface area contributed by atoms with Crippen LogP contribution in [0.15, 0.2) is 41.1 Å². The van der Waals surface area contributed by atoms with Crippen molar-refractivity contribution < 1.29 is 5.11 Å². The van der Waals surface area contributed by atoms with Crippen molar-refractivity contribution in [1.29, 1.82) is 0 Å². The molecule has 3 rings (SSSR count). The Balaban J connectivity index is 1.99. The number of pyridine rings is 2. The van der Waals surface area contributed by atoms with E-state index in [0.717, 1.165) is 39.8 Å². The van der Waals surface area contributed by atoms with Crippen LogP contribution in [0.1, 0.15) is 19.4 Å². The van der Waals surface area contributed by atoms with Gasteiger partial charge in [0, 0.05) is 34.0 Å². The molecular weight excluding hydrogens is 416 g/mol. The molecular formula is C19H20BrClN4O.